The van der Waals surface area contributed by atoms with Crippen molar-refractivity contribution in [3.63, 3.8) is 0 Å². The molecule has 0 bridgehead atoms. The van der Waals surface area contributed by atoms with Crippen LogP contribution >= 0.6 is 0 Å². The molecule has 0 radical (unpaired) electrons. The summed E-state index contributed by atoms with van der Waals surface area (Å²) in [7, 11) is 1.56. The molecule has 1 aromatic rings. The lowest BCUT2D eigenvalue weighted by atomic mass is 10.2. The third kappa shape index (κ3) is 3.51. The van der Waals surface area contributed by atoms with E-state index in [2.05, 4.69) is 10.3 Å². The summed E-state index contributed by atoms with van der Waals surface area (Å²) in [4.78, 5) is 15.4. The summed E-state index contributed by atoms with van der Waals surface area (Å²) in [5, 5.41) is 2.74. The zero-order valence-electron chi connectivity index (χ0n) is 9.56. The van der Waals surface area contributed by atoms with E-state index in [1.54, 1.807) is 19.4 Å². The topological polar surface area (TPSA) is 77.2 Å². The summed E-state index contributed by atoms with van der Waals surface area (Å²) in [6, 6.07) is 3.16. The number of carbonyl (C=O) groups excluding carboxylic acids is 1. The third-order valence-corrected chi connectivity index (χ3v) is 2.25. The molecular formula is C11H17N3O2. The molecule has 1 atom stereocenters. The van der Waals surface area contributed by atoms with E-state index in [-0.39, 0.29) is 5.91 Å². The number of pyridine rings is 1. The number of rotatable bonds is 5. The van der Waals surface area contributed by atoms with Gasteiger partial charge in [0.25, 0.3) is 0 Å². The molecule has 0 saturated carbocycles. The SMILES string of the molecule is CC[C@H](N)C(=O)NCc1ccc(OC)nc1. The summed E-state index contributed by atoms with van der Waals surface area (Å²) >= 11 is 0. The molecule has 0 aliphatic heterocycles. The first kappa shape index (κ1) is 12.4. The normalized spacial score (nSPS) is 11.9. The molecule has 88 valence electrons. The third-order valence-electron chi connectivity index (χ3n) is 2.25. The summed E-state index contributed by atoms with van der Waals surface area (Å²) in [6.07, 6.45) is 2.29. The van der Waals surface area contributed by atoms with Crippen LogP contribution < -0.4 is 15.8 Å². The van der Waals surface area contributed by atoms with E-state index in [1.807, 2.05) is 13.0 Å². The highest BCUT2D eigenvalue weighted by molar-refractivity contribution is 5.81. The van der Waals surface area contributed by atoms with Crippen molar-refractivity contribution in [3.05, 3.63) is 23.9 Å². The number of amides is 1. The lowest BCUT2D eigenvalue weighted by Crippen LogP contribution is -2.39. The van der Waals surface area contributed by atoms with Gasteiger partial charge in [-0.3, -0.25) is 4.79 Å². The molecule has 0 aliphatic rings. The number of ether oxygens (including phenoxy) is 1. The van der Waals surface area contributed by atoms with Gasteiger partial charge < -0.3 is 15.8 Å². The Morgan fingerprint density at radius 1 is 1.62 bits per heavy atom. The van der Waals surface area contributed by atoms with Gasteiger partial charge in [0, 0.05) is 18.8 Å². The second-order valence-electron chi connectivity index (χ2n) is 3.44. The van der Waals surface area contributed by atoms with E-state index in [0.717, 1.165) is 5.56 Å². The van der Waals surface area contributed by atoms with Gasteiger partial charge in [-0.05, 0) is 12.0 Å². The molecule has 3 N–H and O–H groups in total. The number of hydrogen-bond acceptors (Lipinski definition) is 4. The van der Waals surface area contributed by atoms with Crippen molar-refractivity contribution in [2.45, 2.75) is 25.9 Å². The van der Waals surface area contributed by atoms with Crippen LogP contribution in [0.25, 0.3) is 0 Å². The van der Waals surface area contributed by atoms with E-state index in [1.165, 1.54) is 0 Å². The minimum Gasteiger partial charge on any atom is -0.481 e. The van der Waals surface area contributed by atoms with Crippen molar-refractivity contribution < 1.29 is 9.53 Å². The second kappa shape index (κ2) is 6.07. The first-order valence-corrected chi connectivity index (χ1v) is 5.19. The minimum absolute atomic E-state index is 0.140. The number of methoxy groups -OCH3 is 1. The highest BCUT2D eigenvalue weighted by atomic mass is 16.5. The maximum Gasteiger partial charge on any atom is 0.237 e. The summed E-state index contributed by atoms with van der Waals surface area (Å²) in [5.74, 6) is 0.415. The van der Waals surface area contributed by atoms with E-state index in [4.69, 9.17) is 10.5 Å². The Morgan fingerprint density at radius 3 is 2.88 bits per heavy atom. The predicted molar refractivity (Wildman–Crippen MR) is 60.9 cm³/mol. The zero-order valence-corrected chi connectivity index (χ0v) is 9.56. The standard InChI is InChI=1S/C11H17N3O2/c1-3-9(12)11(15)14-7-8-4-5-10(16-2)13-6-8/h4-6,9H,3,7,12H2,1-2H3,(H,14,15)/t9-/m0/s1. The Hall–Kier alpha value is -1.62. The van der Waals surface area contributed by atoms with Crippen LogP contribution in [0.4, 0.5) is 0 Å². The number of aromatic nitrogens is 1. The molecule has 0 spiro atoms. The van der Waals surface area contributed by atoms with Crippen molar-refractivity contribution >= 4 is 5.91 Å². The van der Waals surface area contributed by atoms with Crippen LogP contribution in [0.2, 0.25) is 0 Å². The fourth-order valence-electron chi connectivity index (χ4n) is 1.14. The van der Waals surface area contributed by atoms with E-state index >= 15 is 0 Å². The molecule has 1 rings (SSSR count). The summed E-state index contributed by atoms with van der Waals surface area (Å²) in [6.45, 7) is 2.31. The molecule has 5 heteroatoms. The van der Waals surface area contributed by atoms with Gasteiger partial charge in [0.15, 0.2) is 0 Å². The largest absolute Gasteiger partial charge is 0.481 e. The van der Waals surface area contributed by atoms with Gasteiger partial charge in [-0.2, -0.15) is 0 Å². The van der Waals surface area contributed by atoms with Gasteiger partial charge in [0.2, 0.25) is 11.8 Å². The second-order valence-corrected chi connectivity index (χ2v) is 3.44. The molecule has 0 aliphatic carbocycles. The average Bonchev–Trinajstić information content (AvgIpc) is 2.35. The van der Waals surface area contributed by atoms with Crippen LogP contribution in [0, 0.1) is 0 Å². The van der Waals surface area contributed by atoms with Gasteiger partial charge in [-0.15, -0.1) is 0 Å². The van der Waals surface area contributed by atoms with Crippen molar-refractivity contribution in [1.29, 1.82) is 0 Å². The molecule has 0 saturated heterocycles. The van der Waals surface area contributed by atoms with E-state index in [0.29, 0.717) is 18.8 Å². The number of hydrogen-bond donors (Lipinski definition) is 2. The number of nitrogens with one attached hydrogen (secondary N) is 1. The summed E-state index contributed by atoms with van der Waals surface area (Å²) < 4.78 is 4.93. The fraction of sp³-hybridized carbons (Fsp3) is 0.455. The van der Waals surface area contributed by atoms with Crippen LogP contribution in [-0.2, 0) is 11.3 Å². The van der Waals surface area contributed by atoms with Crippen molar-refractivity contribution in [2.24, 2.45) is 5.73 Å². The van der Waals surface area contributed by atoms with Gasteiger partial charge in [0.05, 0.1) is 13.2 Å². The van der Waals surface area contributed by atoms with Gasteiger partial charge in [-0.25, -0.2) is 4.98 Å². The lowest BCUT2D eigenvalue weighted by Gasteiger charge is -2.09. The highest BCUT2D eigenvalue weighted by Crippen LogP contribution is 2.06. The van der Waals surface area contributed by atoms with Crippen molar-refractivity contribution in [2.75, 3.05) is 7.11 Å². The fourth-order valence-corrected chi connectivity index (χ4v) is 1.14. The zero-order chi connectivity index (χ0) is 12.0. The number of nitrogens with zero attached hydrogens (tertiary/aromatic N) is 1. The Bertz CT molecular complexity index is 338. The van der Waals surface area contributed by atoms with Crippen molar-refractivity contribution in [3.8, 4) is 5.88 Å². The first-order chi connectivity index (χ1) is 7.67. The van der Waals surface area contributed by atoms with Crippen LogP contribution in [0.5, 0.6) is 5.88 Å². The Balaban J connectivity index is 2.45. The van der Waals surface area contributed by atoms with Crippen LogP contribution in [0.1, 0.15) is 18.9 Å². The molecule has 0 fully saturated rings. The molecule has 1 heterocycles. The maximum atomic E-state index is 11.4. The summed E-state index contributed by atoms with van der Waals surface area (Å²) in [5.41, 5.74) is 6.49. The predicted octanol–water partition coefficient (Wildman–Crippen LogP) is 0.444. The smallest absolute Gasteiger partial charge is 0.237 e. The molecule has 1 amide bonds. The van der Waals surface area contributed by atoms with Crippen molar-refractivity contribution in [1.82, 2.24) is 10.3 Å². The molecule has 1 aromatic heterocycles. The number of nitrogens with two attached hydrogens (primary N) is 1. The van der Waals surface area contributed by atoms with E-state index < -0.39 is 6.04 Å². The van der Waals surface area contributed by atoms with Crippen LogP contribution in [0.15, 0.2) is 18.3 Å². The molecule has 0 aromatic carbocycles. The van der Waals surface area contributed by atoms with Gasteiger partial charge in [0.1, 0.15) is 0 Å². The molecular weight excluding hydrogens is 206 g/mol. The average molecular weight is 223 g/mol. The van der Waals surface area contributed by atoms with E-state index in [9.17, 15) is 4.79 Å². The minimum atomic E-state index is -0.439. The molecule has 5 nitrogen and oxygen atoms in total. The Kier molecular flexibility index (Phi) is 4.72. The highest BCUT2D eigenvalue weighted by Gasteiger charge is 2.09. The Labute approximate surface area is 95.0 Å². The quantitative estimate of drug-likeness (QED) is 0.759. The maximum absolute atomic E-state index is 11.4. The van der Waals surface area contributed by atoms with Crippen LogP contribution in [0.3, 0.4) is 0 Å². The lowest BCUT2D eigenvalue weighted by molar-refractivity contribution is -0.122. The monoisotopic (exact) mass is 223 g/mol. The van der Waals surface area contributed by atoms with Crippen LogP contribution in [-0.4, -0.2) is 24.0 Å². The van der Waals surface area contributed by atoms with Gasteiger partial charge >= 0.3 is 0 Å². The Morgan fingerprint density at radius 2 is 2.38 bits per heavy atom. The molecule has 0 unspecified atom stereocenters. The molecule has 16 heavy (non-hydrogen) atoms. The number of carbonyl (C=O) groups is 1. The first-order valence-electron chi connectivity index (χ1n) is 5.19. The van der Waals surface area contributed by atoms with Gasteiger partial charge in [-0.1, -0.05) is 13.0 Å².